The van der Waals surface area contributed by atoms with Crippen molar-refractivity contribution < 1.29 is 0 Å². The molecule has 1 fully saturated rings. The van der Waals surface area contributed by atoms with Crippen molar-refractivity contribution in [3.8, 4) is 11.8 Å². The Kier molecular flexibility index (Phi) is 5.77. The van der Waals surface area contributed by atoms with E-state index in [1.165, 1.54) is 24.8 Å². The van der Waals surface area contributed by atoms with Crippen LogP contribution in [0.1, 0.15) is 44.6 Å². The molecule has 20 heavy (non-hydrogen) atoms. The van der Waals surface area contributed by atoms with E-state index in [0.29, 0.717) is 10.1 Å². The lowest BCUT2D eigenvalue weighted by atomic mass is 9.95. The summed E-state index contributed by atoms with van der Waals surface area (Å²) in [6.45, 7) is 1.98. The molecule has 0 nitrogen and oxygen atoms in total. The topological polar surface area (TPSA) is 0 Å². The summed E-state index contributed by atoms with van der Waals surface area (Å²) in [6, 6.07) is 10.0. The molecular formula is C18H18Cl2. The highest BCUT2D eigenvalue weighted by atomic mass is 35.5. The van der Waals surface area contributed by atoms with Crippen LogP contribution in [-0.4, -0.2) is 0 Å². The van der Waals surface area contributed by atoms with E-state index in [2.05, 4.69) is 11.8 Å². The molecule has 1 aliphatic carbocycles. The van der Waals surface area contributed by atoms with Gasteiger partial charge in [0, 0.05) is 0 Å². The molecule has 1 aliphatic rings. The van der Waals surface area contributed by atoms with Crippen molar-refractivity contribution in [1.29, 1.82) is 0 Å². The first-order valence-corrected chi connectivity index (χ1v) is 7.75. The molecule has 0 N–H and O–H groups in total. The molecule has 0 spiro atoms. The average molecular weight is 305 g/mol. The molecule has 2 heteroatoms. The molecule has 0 bridgehead atoms. The fourth-order valence-electron chi connectivity index (χ4n) is 2.30. The van der Waals surface area contributed by atoms with Gasteiger partial charge in [0.25, 0.3) is 0 Å². The molecule has 0 amide bonds. The lowest BCUT2D eigenvalue weighted by molar-refractivity contribution is 0.598. The number of hydrogen-bond donors (Lipinski definition) is 0. The molecule has 0 aromatic heterocycles. The molecule has 0 saturated heterocycles. The molecule has 0 unspecified atom stereocenters. The second-order valence-electron chi connectivity index (χ2n) is 5.03. The Bertz CT molecular complexity index is 575. The van der Waals surface area contributed by atoms with E-state index < -0.39 is 0 Å². The van der Waals surface area contributed by atoms with Crippen molar-refractivity contribution in [2.75, 3.05) is 0 Å². The van der Waals surface area contributed by atoms with Gasteiger partial charge in [-0.2, -0.15) is 0 Å². The van der Waals surface area contributed by atoms with Crippen LogP contribution in [-0.2, 0) is 0 Å². The van der Waals surface area contributed by atoms with Crippen molar-refractivity contribution in [2.45, 2.75) is 39.0 Å². The maximum atomic E-state index is 6.28. The van der Waals surface area contributed by atoms with Crippen LogP contribution in [0.5, 0.6) is 0 Å². The summed E-state index contributed by atoms with van der Waals surface area (Å²) < 4.78 is 0. The second kappa shape index (κ2) is 7.58. The van der Waals surface area contributed by atoms with Gasteiger partial charge in [0.2, 0.25) is 0 Å². The monoisotopic (exact) mass is 304 g/mol. The van der Waals surface area contributed by atoms with Crippen LogP contribution in [0.2, 0.25) is 0 Å². The summed E-state index contributed by atoms with van der Waals surface area (Å²) in [5.74, 6) is 5.99. The van der Waals surface area contributed by atoms with E-state index in [1.54, 1.807) is 0 Å². The Morgan fingerprint density at radius 3 is 2.25 bits per heavy atom. The lowest BCUT2D eigenvalue weighted by Crippen LogP contribution is -1.95. The predicted molar refractivity (Wildman–Crippen MR) is 88.6 cm³/mol. The highest BCUT2D eigenvalue weighted by Crippen LogP contribution is 2.27. The molecule has 0 aliphatic heterocycles. The van der Waals surface area contributed by atoms with Crippen LogP contribution in [0.4, 0.5) is 0 Å². The van der Waals surface area contributed by atoms with Gasteiger partial charge in [0.1, 0.15) is 0 Å². The third kappa shape index (κ3) is 4.17. The molecule has 1 aromatic carbocycles. The molecule has 1 aromatic rings. The van der Waals surface area contributed by atoms with Gasteiger partial charge in [-0.25, -0.2) is 0 Å². The van der Waals surface area contributed by atoms with Crippen molar-refractivity contribution in [3.63, 3.8) is 0 Å². The molecular weight excluding hydrogens is 287 g/mol. The third-order valence-corrected chi connectivity index (χ3v) is 4.33. The minimum absolute atomic E-state index is 0.561. The highest BCUT2D eigenvalue weighted by molar-refractivity contribution is 6.36. The van der Waals surface area contributed by atoms with Gasteiger partial charge >= 0.3 is 0 Å². The van der Waals surface area contributed by atoms with Crippen LogP contribution in [0.3, 0.4) is 0 Å². The quantitative estimate of drug-likeness (QED) is 0.548. The van der Waals surface area contributed by atoms with Crippen LogP contribution < -0.4 is 0 Å². The first kappa shape index (κ1) is 15.2. The Balaban J connectivity index is 2.19. The Hall–Kier alpha value is -1.16. The largest absolute Gasteiger partial charge is 0.0943 e. The van der Waals surface area contributed by atoms with Gasteiger partial charge in [-0.15, -0.1) is 0 Å². The molecule has 0 atom stereocenters. The number of allylic oxidation sites excluding steroid dienone is 4. The number of rotatable bonds is 1. The SMILES string of the molecule is C/C(=C(\Cl)C#CC(Cl)=C1CCCCC1)c1ccccc1. The molecule has 104 valence electrons. The Morgan fingerprint density at radius 2 is 1.60 bits per heavy atom. The van der Waals surface area contributed by atoms with E-state index in [0.717, 1.165) is 24.0 Å². The number of hydrogen-bond acceptors (Lipinski definition) is 0. The van der Waals surface area contributed by atoms with Gasteiger partial charge in [0.05, 0.1) is 10.1 Å². The summed E-state index contributed by atoms with van der Waals surface area (Å²) in [4.78, 5) is 0. The first-order valence-electron chi connectivity index (χ1n) is 7.00. The van der Waals surface area contributed by atoms with E-state index in [9.17, 15) is 0 Å². The zero-order valence-electron chi connectivity index (χ0n) is 11.7. The Morgan fingerprint density at radius 1 is 0.950 bits per heavy atom. The molecule has 1 saturated carbocycles. The van der Waals surface area contributed by atoms with Crippen LogP contribution in [0, 0.1) is 11.8 Å². The normalized spacial score (nSPS) is 16.1. The van der Waals surface area contributed by atoms with Crippen molar-refractivity contribution >= 4 is 28.8 Å². The highest BCUT2D eigenvalue weighted by Gasteiger charge is 2.08. The Labute approximate surface area is 131 Å². The van der Waals surface area contributed by atoms with Crippen molar-refractivity contribution in [3.05, 3.63) is 51.5 Å². The zero-order valence-corrected chi connectivity index (χ0v) is 13.2. The zero-order chi connectivity index (χ0) is 14.4. The smallest absolute Gasteiger partial charge is 0.0745 e. The second-order valence-corrected chi connectivity index (χ2v) is 5.79. The van der Waals surface area contributed by atoms with Crippen molar-refractivity contribution in [1.82, 2.24) is 0 Å². The average Bonchev–Trinajstić information content (AvgIpc) is 2.53. The summed E-state index contributed by atoms with van der Waals surface area (Å²) in [5, 5.41) is 1.24. The fourth-order valence-corrected chi connectivity index (χ4v) is 2.70. The standard InChI is InChI=1S/C18H18Cl2/c1-14(15-8-4-2-5-9-15)17(19)12-13-18(20)16-10-6-3-7-11-16/h2,4-5,8-9H,3,6-7,10-11H2,1H3/b17-14+. The maximum Gasteiger partial charge on any atom is 0.0943 e. The van der Waals surface area contributed by atoms with Crippen molar-refractivity contribution in [2.24, 2.45) is 0 Å². The van der Waals surface area contributed by atoms with Gasteiger partial charge < -0.3 is 0 Å². The summed E-state index contributed by atoms with van der Waals surface area (Å²) in [6.07, 6.45) is 5.90. The third-order valence-electron chi connectivity index (χ3n) is 3.59. The van der Waals surface area contributed by atoms with Gasteiger partial charge in [-0.05, 0) is 61.2 Å². The van der Waals surface area contributed by atoms with E-state index in [1.807, 2.05) is 37.3 Å². The van der Waals surface area contributed by atoms with E-state index in [-0.39, 0.29) is 0 Å². The van der Waals surface area contributed by atoms with Crippen LogP contribution >= 0.6 is 23.2 Å². The van der Waals surface area contributed by atoms with Gasteiger partial charge in [-0.1, -0.05) is 60.0 Å². The number of halogens is 2. The lowest BCUT2D eigenvalue weighted by Gasteiger charge is -2.13. The summed E-state index contributed by atoms with van der Waals surface area (Å²) in [5.41, 5.74) is 3.36. The fraction of sp³-hybridized carbons (Fsp3) is 0.333. The summed E-state index contributed by atoms with van der Waals surface area (Å²) in [7, 11) is 0. The molecule has 2 rings (SSSR count). The van der Waals surface area contributed by atoms with Gasteiger partial charge in [-0.3, -0.25) is 0 Å². The number of benzene rings is 1. The van der Waals surface area contributed by atoms with E-state index >= 15 is 0 Å². The minimum Gasteiger partial charge on any atom is -0.0745 e. The van der Waals surface area contributed by atoms with Gasteiger partial charge in [0.15, 0.2) is 0 Å². The van der Waals surface area contributed by atoms with E-state index in [4.69, 9.17) is 23.2 Å². The van der Waals surface area contributed by atoms with Crippen LogP contribution in [0.25, 0.3) is 5.57 Å². The first-order chi connectivity index (χ1) is 9.68. The minimum atomic E-state index is 0.561. The molecule has 0 radical (unpaired) electrons. The summed E-state index contributed by atoms with van der Waals surface area (Å²) >= 11 is 12.6. The molecule has 0 heterocycles. The van der Waals surface area contributed by atoms with Crippen LogP contribution in [0.15, 0.2) is 46.0 Å². The predicted octanol–water partition coefficient (Wildman–Crippen LogP) is 6.12. The maximum absolute atomic E-state index is 6.28.